The van der Waals surface area contributed by atoms with Gasteiger partial charge in [0.2, 0.25) is 5.91 Å². The van der Waals surface area contributed by atoms with Gasteiger partial charge in [-0.2, -0.15) is 0 Å². The third-order valence-corrected chi connectivity index (χ3v) is 11.4. The topological polar surface area (TPSA) is 65.5 Å². The Morgan fingerprint density at radius 2 is 1.70 bits per heavy atom. The summed E-state index contributed by atoms with van der Waals surface area (Å²) in [6.07, 6.45) is 4.53. The number of fused-ring (bicyclic) bond motifs is 1. The van der Waals surface area contributed by atoms with Crippen molar-refractivity contribution in [2.75, 3.05) is 46.8 Å². The molecule has 200 valence electrons. The van der Waals surface area contributed by atoms with Crippen molar-refractivity contribution in [1.82, 2.24) is 14.7 Å². The van der Waals surface area contributed by atoms with Crippen molar-refractivity contribution in [1.29, 1.82) is 0 Å². The number of halogens is 3. The number of amides is 2. The lowest BCUT2D eigenvalue weighted by Gasteiger charge is -2.34. The number of rotatable bonds is 5. The lowest BCUT2D eigenvalue weighted by atomic mass is 9.89. The van der Waals surface area contributed by atoms with Crippen LogP contribution in [0.15, 0.2) is 5.16 Å². The van der Waals surface area contributed by atoms with E-state index in [1.54, 1.807) is 30.3 Å². The minimum absolute atomic E-state index is 0.0788. The second kappa shape index (κ2) is 10.7. The molecule has 7 nitrogen and oxygen atoms in total. The quantitative estimate of drug-likeness (QED) is 0.451. The van der Waals surface area contributed by atoms with Crippen LogP contribution in [0.25, 0.3) is 0 Å². The Hall–Kier alpha value is -1.36. The van der Waals surface area contributed by atoms with Gasteiger partial charge < -0.3 is 14.6 Å². The molecule has 37 heavy (non-hydrogen) atoms. The van der Waals surface area contributed by atoms with E-state index in [-0.39, 0.29) is 11.8 Å². The molecule has 12 heteroatoms. The summed E-state index contributed by atoms with van der Waals surface area (Å²) in [4.78, 5) is 40.0. The molecule has 0 N–H and O–H groups in total. The van der Waals surface area contributed by atoms with Crippen molar-refractivity contribution in [2.45, 2.75) is 44.6 Å². The molecule has 2 amide bonds. The van der Waals surface area contributed by atoms with Crippen molar-refractivity contribution in [2.24, 2.45) is 5.16 Å². The fraction of sp³-hybridized carbons (Fsp3) is 0.560. The summed E-state index contributed by atoms with van der Waals surface area (Å²) in [5.41, 5.74) is 2.48. The van der Waals surface area contributed by atoms with Gasteiger partial charge in [-0.3, -0.25) is 14.5 Å². The number of piperazine rings is 1. The number of carbonyl (C=O) groups is 2. The van der Waals surface area contributed by atoms with Crippen molar-refractivity contribution in [3.8, 4) is 0 Å². The third kappa shape index (κ3) is 5.15. The zero-order valence-corrected chi connectivity index (χ0v) is 24.9. The molecule has 1 atom stereocenters. The van der Waals surface area contributed by atoms with Crippen LogP contribution in [0, 0.1) is 0 Å². The first kappa shape index (κ1) is 27.2. The van der Waals surface area contributed by atoms with Gasteiger partial charge in [0, 0.05) is 46.7 Å². The van der Waals surface area contributed by atoms with Crippen LogP contribution >= 0.6 is 57.5 Å². The normalized spacial score (nSPS) is 22.0. The van der Waals surface area contributed by atoms with E-state index in [0.29, 0.717) is 53.5 Å². The largest absolute Gasteiger partial charge is 0.383 e. The highest BCUT2D eigenvalue weighted by atomic mass is 35.5. The number of hydrogen-bond acceptors (Lipinski definition) is 7. The Morgan fingerprint density at radius 3 is 2.32 bits per heavy atom. The van der Waals surface area contributed by atoms with Crippen LogP contribution in [0.5, 0.6) is 0 Å². The van der Waals surface area contributed by atoms with Crippen LogP contribution in [0.1, 0.15) is 56.7 Å². The van der Waals surface area contributed by atoms with Gasteiger partial charge in [-0.15, -0.1) is 22.7 Å². The van der Waals surface area contributed by atoms with Gasteiger partial charge in [0.15, 0.2) is 5.60 Å². The van der Waals surface area contributed by atoms with Gasteiger partial charge in [-0.1, -0.05) is 40.0 Å². The predicted molar refractivity (Wildman–Crippen MR) is 151 cm³/mol. The monoisotopic (exact) mass is 602 g/mol. The van der Waals surface area contributed by atoms with Gasteiger partial charge in [-0.25, -0.2) is 0 Å². The number of carbonyl (C=O) groups excluding carboxylic acids is 2. The van der Waals surface area contributed by atoms with E-state index in [9.17, 15) is 9.59 Å². The summed E-state index contributed by atoms with van der Waals surface area (Å²) >= 11 is 21.8. The summed E-state index contributed by atoms with van der Waals surface area (Å²) in [5, 5.41) is 5.23. The standard InChI is InChI=1S/C25H29Cl3N4O3S2/c1-25(22-18(26)19(27)23(28)37-22)12-16(29-35-25)20-14-6-4-5-7-15(14)21(36-20)24(34)32-10-8-31(9-11-32)13-17(33)30(2)3/h4-13H2,1-3H3. The minimum Gasteiger partial charge on any atom is -0.383 e. The van der Waals surface area contributed by atoms with E-state index in [4.69, 9.17) is 39.6 Å². The van der Waals surface area contributed by atoms with E-state index in [0.717, 1.165) is 51.6 Å². The lowest BCUT2D eigenvalue weighted by Crippen LogP contribution is -2.51. The highest BCUT2D eigenvalue weighted by Gasteiger charge is 2.43. The minimum atomic E-state index is -0.760. The van der Waals surface area contributed by atoms with Crippen LogP contribution in [0.2, 0.25) is 14.4 Å². The zero-order valence-electron chi connectivity index (χ0n) is 21.0. The first-order valence-corrected chi connectivity index (χ1v) is 15.1. The second-order valence-electron chi connectivity index (χ2n) is 10.2. The van der Waals surface area contributed by atoms with E-state index >= 15 is 0 Å². The molecular formula is C25H29Cl3N4O3S2. The Balaban J connectivity index is 1.35. The Labute approximate surface area is 239 Å². The number of hydrogen-bond donors (Lipinski definition) is 0. The Morgan fingerprint density at radius 1 is 1.03 bits per heavy atom. The smallest absolute Gasteiger partial charge is 0.264 e. The number of thiophene rings is 2. The van der Waals surface area contributed by atoms with Crippen LogP contribution in [0.4, 0.5) is 0 Å². The van der Waals surface area contributed by atoms with Gasteiger partial charge in [0.25, 0.3) is 5.91 Å². The number of likely N-dealkylation sites (N-methyl/N-ethyl adjacent to an activating group) is 1. The summed E-state index contributed by atoms with van der Waals surface area (Å²) in [5.74, 6) is 0.159. The molecule has 3 aliphatic rings. The van der Waals surface area contributed by atoms with Gasteiger partial charge in [0.1, 0.15) is 10.0 Å². The molecule has 0 bridgehead atoms. The molecule has 1 fully saturated rings. The average molecular weight is 604 g/mol. The molecule has 0 saturated carbocycles. The maximum Gasteiger partial charge on any atom is 0.264 e. The molecule has 4 heterocycles. The number of nitrogens with zero attached hydrogens (tertiary/aromatic N) is 4. The molecular weight excluding hydrogens is 575 g/mol. The van der Waals surface area contributed by atoms with Crippen LogP contribution in [0.3, 0.4) is 0 Å². The van der Waals surface area contributed by atoms with E-state index in [1.807, 2.05) is 11.8 Å². The molecule has 5 rings (SSSR count). The van der Waals surface area contributed by atoms with Crippen molar-refractivity contribution >= 4 is 75.0 Å². The molecule has 1 saturated heterocycles. The molecule has 0 aromatic carbocycles. The SMILES string of the molecule is CN(C)C(=O)CN1CCN(C(=O)c2sc(C3=NOC(C)(c4sc(Cl)c(Cl)c4Cl)C3)c3c2CCCC3)CC1. The van der Waals surface area contributed by atoms with Gasteiger partial charge in [-0.05, 0) is 43.7 Å². The third-order valence-electron chi connectivity index (χ3n) is 7.29. The summed E-state index contributed by atoms with van der Waals surface area (Å²) < 4.78 is 0.438. The summed E-state index contributed by atoms with van der Waals surface area (Å²) in [7, 11) is 3.53. The van der Waals surface area contributed by atoms with E-state index in [1.165, 1.54) is 16.9 Å². The Kier molecular flexibility index (Phi) is 7.84. The fourth-order valence-corrected chi connectivity index (χ4v) is 8.45. The summed E-state index contributed by atoms with van der Waals surface area (Å²) in [6.45, 7) is 4.94. The van der Waals surface area contributed by atoms with Crippen LogP contribution in [-0.4, -0.2) is 79.0 Å². The van der Waals surface area contributed by atoms with Crippen LogP contribution < -0.4 is 0 Å². The number of oxime groups is 1. The molecule has 2 aromatic rings. The molecule has 2 aromatic heterocycles. The molecule has 0 radical (unpaired) electrons. The predicted octanol–water partition coefficient (Wildman–Crippen LogP) is 5.53. The zero-order chi connectivity index (χ0) is 26.5. The Bertz CT molecular complexity index is 1270. The van der Waals surface area contributed by atoms with Crippen LogP contribution in [-0.2, 0) is 28.1 Å². The van der Waals surface area contributed by atoms with E-state index in [2.05, 4.69) is 10.1 Å². The maximum atomic E-state index is 13.7. The van der Waals surface area contributed by atoms with Crippen molar-refractivity contribution in [3.63, 3.8) is 0 Å². The van der Waals surface area contributed by atoms with Gasteiger partial charge >= 0.3 is 0 Å². The fourth-order valence-electron chi connectivity index (χ4n) is 5.11. The average Bonchev–Trinajstić information content (AvgIpc) is 3.54. The molecule has 0 spiro atoms. The van der Waals surface area contributed by atoms with Gasteiger partial charge in [0.05, 0.1) is 31.2 Å². The van der Waals surface area contributed by atoms with Crippen molar-refractivity contribution in [3.05, 3.63) is 40.1 Å². The first-order valence-electron chi connectivity index (χ1n) is 12.3. The van der Waals surface area contributed by atoms with E-state index < -0.39 is 5.60 Å². The molecule has 1 unspecified atom stereocenters. The highest BCUT2D eigenvalue weighted by molar-refractivity contribution is 7.18. The second-order valence-corrected chi connectivity index (χ2v) is 13.6. The maximum absolute atomic E-state index is 13.7. The highest BCUT2D eigenvalue weighted by Crippen LogP contribution is 2.50. The molecule has 1 aliphatic carbocycles. The lowest BCUT2D eigenvalue weighted by molar-refractivity contribution is -0.130. The van der Waals surface area contributed by atoms with Crippen molar-refractivity contribution < 1.29 is 14.4 Å². The molecule has 2 aliphatic heterocycles. The first-order chi connectivity index (χ1) is 17.6. The summed E-state index contributed by atoms with van der Waals surface area (Å²) in [6, 6.07) is 0.